The van der Waals surface area contributed by atoms with E-state index in [0.29, 0.717) is 22.6 Å². The number of nitrogens with one attached hydrogen (secondary N) is 2. The Labute approximate surface area is 181 Å². The van der Waals surface area contributed by atoms with Crippen LogP contribution in [0.25, 0.3) is 0 Å². The van der Waals surface area contributed by atoms with Crippen molar-refractivity contribution in [1.82, 2.24) is 9.78 Å². The lowest BCUT2D eigenvalue weighted by Crippen LogP contribution is -2.15. The van der Waals surface area contributed by atoms with Crippen LogP contribution in [0.3, 0.4) is 0 Å². The average Bonchev–Trinajstić information content (AvgIpc) is 2.95. The fourth-order valence-electron chi connectivity index (χ4n) is 3.24. The van der Waals surface area contributed by atoms with E-state index >= 15 is 0 Å². The highest BCUT2D eigenvalue weighted by Crippen LogP contribution is 2.22. The van der Waals surface area contributed by atoms with Gasteiger partial charge >= 0.3 is 0 Å². The van der Waals surface area contributed by atoms with Crippen molar-refractivity contribution in [3.63, 3.8) is 0 Å². The van der Waals surface area contributed by atoms with Crippen LogP contribution in [-0.2, 0) is 16.9 Å². The smallest absolute Gasteiger partial charge is 0.259 e. The summed E-state index contributed by atoms with van der Waals surface area (Å²) in [5, 5.41) is 9.90. The van der Waals surface area contributed by atoms with E-state index in [1.165, 1.54) is 18.2 Å². The number of benzene rings is 2. The molecular weight excluding hydrogens is 416 g/mol. The minimum absolute atomic E-state index is 0.0796. The maximum atomic E-state index is 12.7. The Kier molecular flexibility index (Phi) is 5.99. The first-order valence-corrected chi connectivity index (χ1v) is 11.4. The third-order valence-electron chi connectivity index (χ3n) is 4.99. The molecule has 31 heavy (non-hydrogen) atoms. The molecule has 2 aromatic carbocycles. The fraction of sp³-hybridized carbons (Fsp3) is 0.227. The molecule has 0 fully saturated rings. The van der Waals surface area contributed by atoms with E-state index in [-0.39, 0.29) is 16.4 Å². The van der Waals surface area contributed by atoms with Gasteiger partial charge in [0.05, 0.1) is 16.2 Å². The molecule has 0 aliphatic heterocycles. The van der Waals surface area contributed by atoms with Gasteiger partial charge in [-0.25, -0.2) is 8.42 Å². The Balaban J connectivity index is 1.77. The van der Waals surface area contributed by atoms with Crippen molar-refractivity contribution < 1.29 is 18.0 Å². The van der Waals surface area contributed by atoms with Gasteiger partial charge in [-0.05, 0) is 62.7 Å². The Bertz CT molecular complexity index is 1290. The highest BCUT2D eigenvalue weighted by molar-refractivity contribution is 7.90. The third-order valence-corrected chi connectivity index (χ3v) is 6.10. The van der Waals surface area contributed by atoms with Crippen LogP contribution in [0.5, 0.6) is 0 Å². The van der Waals surface area contributed by atoms with Gasteiger partial charge in [-0.1, -0.05) is 6.07 Å². The van der Waals surface area contributed by atoms with Crippen LogP contribution in [-0.4, -0.2) is 36.3 Å². The van der Waals surface area contributed by atoms with Gasteiger partial charge in [-0.3, -0.25) is 14.3 Å². The van der Waals surface area contributed by atoms with E-state index in [4.69, 9.17) is 0 Å². The van der Waals surface area contributed by atoms with Crippen LogP contribution >= 0.6 is 0 Å². The van der Waals surface area contributed by atoms with E-state index in [1.54, 1.807) is 49.8 Å². The molecule has 1 aromatic heterocycles. The third kappa shape index (κ3) is 4.83. The molecule has 9 heteroatoms. The Hall–Kier alpha value is -3.46. The van der Waals surface area contributed by atoms with Gasteiger partial charge in [0.25, 0.3) is 11.8 Å². The maximum Gasteiger partial charge on any atom is 0.259 e. The molecule has 0 spiro atoms. The van der Waals surface area contributed by atoms with Crippen molar-refractivity contribution in [2.24, 2.45) is 7.05 Å². The lowest BCUT2D eigenvalue weighted by Gasteiger charge is -2.12. The van der Waals surface area contributed by atoms with E-state index in [9.17, 15) is 18.0 Å². The summed E-state index contributed by atoms with van der Waals surface area (Å²) in [5.41, 5.74) is 4.07. The zero-order valence-electron chi connectivity index (χ0n) is 18.0. The number of hydrogen-bond acceptors (Lipinski definition) is 5. The molecule has 1 heterocycles. The van der Waals surface area contributed by atoms with Gasteiger partial charge in [0.2, 0.25) is 0 Å². The molecule has 0 saturated heterocycles. The molecule has 0 aliphatic rings. The number of nitrogens with zero attached hydrogens (tertiary/aromatic N) is 2. The second-order valence-corrected chi connectivity index (χ2v) is 9.42. The van der Waals surface area contributed by atoms with Crippen LogP contribution in [0.2, 0.25) is 0 Å². The first kappa shape index (κ1) is 22.2. The summed E-state index contributed by atoms with van der Waals surface area (Å²) in [6.45, 7) is 5.42. The lowest BCUT2D eigenvalue weighted by atomic mass is 10.1. The van der Waals surface area contributed by atoms with Crippen molar-refractivity contribution in [2.75, 3.05) is 16.9 Å². The van der Waals surface area contributed by atoms with Crippen LogP contribution in [0.15, 0.2) is 47.4 Å². The molecule has 0 radical (unpaired) electrons. The minimum Gasteiger partial charge on any atom is -0.322 e. The van der Waals surface area contributed by atoms with Crippen LogP contribution in [0.1, 0.15) is 37.7 Å². The summed E-state index contributed by atoms with van der Waals surface area (Å²) >= 11 is 0. The Morgan fingerprint density at radius 1 is 0.968 bits per heavy atom. The van der Waals surface area contributed by atoms with Gasteiger partial charge in [-0.2, -0.15) is 5.10 Å². The SMILES string of the molecule is Cc1cc(NC(=O)c2c(C)nn(C)c2C)ccc1NC(=O)c1cccc(S(C)(=O)=O)c1. The topological polar surface area (TPSA) is 110 Å². The zero-order valence-corrected chi connectivity index (χ0v) is 18.8. The lowest BCUT2D eigenvalue weighted by molar-refractivity contribution is 0.101. The number of amides is 2. The molecule has 3 rings (SSSR count). The fourth-order valence-corrected chi connectivity index (χ4v) is 3.91. The number of hydrogen-bond donors (Lipinski definition) is 2. The van der Waals surface area contributed by atoms with E-state index in [2.05, 4.69) is 15.7 Å². The Morgan fingerprint density at radius 3 is 2.26 bits per heavy atom. The normalized spacial score (nSPS) is 11.3. The van der Waals surface area contributed by atoms with Crippen molar-refractivity contribution in [2.45, 2.75) is 25.7 Å². The standard InChI is InChI=1S/C22H24N4O4S/c1-13-11-17(23-22(28)20-14(2)25-26(4)15(20)3)9-10-19(13)24-21(27)16-7-6-8-18(12-16)31(5,29)30/h6-12H,1-5H3,(H,23,28)(H,24,27). The summed E-state index contributed by atoms with van der Waals surface area (Å²) in [7, 11) is -1.63. The van der Waals surface area contributed by atoms with Gasteiger partial charge in [0.15, 0.2) is 9.84 Å². The average molecular weight is 441 g/mol. The van der Waals surface area contributed by atoms with Crippen molar-refractivity contribution >= 4 is 33.0 Å². The molecular formula is C22H24N4O4S. The number of anilines is 2. The monoisotopic (exact) mass is 440 g/mol. The minimum atomic E-state index is -3.41. The first-order chi connectivity index (χ1) is 14.5. The highest BCUT2D eigenvalue weighted by Gasteiger charge is 2.18. The predicted molar refractivity (Wildman–Crippen MR) is 119 cm³/mol. The number of sulfone groups is 1. The van der Waals surface area contributed by atoms with Gasteiger partial charge in [-0.15, -0.1) is 0 Å². The van der Waals surface area contributed by atoms with Crippen LogP contribution < -0.4 is 10.6 Å². The number of carbonyl (C=O) groups is 2. The summed E-state index contributed by atoms with van der Waals surface area (Å²) in [4.78, 5) is 25.3. The van der Waals surface area contributed by atoms with Crippen LogP contribution in [0, 0.1) is 20.8 Å². The maximum absolute atomic E-state index is 12.7. The molecule has 0 unspecified atom stereocenters. The van der Waals surface area contributed by atoms with Gasteiger partial charge < -0.3 is 10.6 Å². The second-order valence-electron chi connectivity index (χ2n) is 7.41. The molecule has 0 bridgehead atoms. The Morgan fingerprint density at radius 2 is 1.68 bits per heavy atom. The van der Waals surface area contributed by atoms with E-state index < -0.39 is 15.7 Å². The summed E-state index contributed by atoms with van der Waals surface area (Å²) in [6.07, 6.45) is 1.09. The highest BCUT2D eigenvalue weighted by atomic mass is 32.2. The molecule has 0 atom stereocenters. The molecule has 0 aliphatic carbocycles. The molecule has 2 amide bonds. The van der Waals surface area contributed by atoms with Gasteiger partial charge in [0.1, 0.15) is 0 Å². The quantitative estimate of drug-likeness (QED) is 0.633. The van der Waals surface area contributed by atoms with E-state index in [0.717, 1.165) is 17.5 Å². The number of carbonyl (C=O) groups excluding carboxylic acids is 2. The predicted octanol–water partition coefficient (Wildman–Crippen LogP) is 3.25. The number of rotatable bonds is 5. The van der Waals surface area contributed by atoms with Crippen molar-refractivity contribution in [3.8, 4) is 0 Å². The largest absolute Gasteiger partial charge is 0.322 e. The number of aryl methyl sites for hydroxylation is 3. The summed E-state index contributed by atoms with van der Waals surface area (Å²) in [5.74, 6) is -0.677. The molecule has 162 valence electrons. The second kappa shape index (κ2) is 8.35. The zero-order chi connectivity index (χ0) is 22.9. The summed E-state index contributed by atoms with van der Waals surface area (Å²) in [6, 6.07) is 11.0. The van der Waals surface area contributed by atoms with Crippen molar-refractivity contribution in [1.29, 1.82) is 0 Å². The van der Waals surface area contributed by atoms with Gasteiger partial charge in [0, 0.05) is 35.9 Å². The van der Waals surface area contributed by atoms with Crippen LogP contribution in [0.4, 0.5) is 11.4 Å². The molecule has 2 N–H and O–H groups in total. The van der Waals surface area contributed by atoms with Crippen molar-refractivity contribution in [3.05, 3.63) is 70.5 Å². The summed E-state index contributed by atoms with van der Waals surface area (Å²) < 4.78 is 25.1. The molecule has 3 aromatic rings. The number of aromatic nitrogens is 2. The first-order valence-electron chi connectivity index (χ1n) is 9.51. The molecule has 8 nitrogen and oxygen atoms in total. The molecule has 0 saturated carbocycles. The van der Waals surface area contributed by atoms with E-state index in [1.807, 2.05) is 6.92 Å².